The van der Waals surface area contributed by atoms with Crippen molar-refractivity contribution in [2.24, 2.45) is 5.73 Å². The van der Waals surface area contributed by atoms with Crippen LogP contribution in [-0.2, 0) is 13.0 Å². The van der Waals surface area contributed by atoms with Crippen LogP contribution >= 0.6 is 0 Å². The molecule has 33 heavy (non-hydrogen) atoms. The van der Waals surface area contributed by atoms with Crippen LogP contribution in [-0.4, -0.2) is 27.0 Å². The van der Waals surface area contributed by atoms with Crippen molar-refractivity contribution in [2.75, 3.05) is 6.54 Å². The summed E-state index contributed by atoms with van der Waals surface area (Å²) in [5, 5.41) is 3.51. The molecule has 2 heterocycles. The van der Waals surface area contributed by atoms with Crippen LogP contribution in [0.5, 0.6) is 0 Å². The molecule has 1 amide bonds. The Balaban J connectivity index is 1.25. The van der Waals surface area contributed by atoms with Crippen LogP contribution in [0.15, 0.2) is 91.3 Å². The number of fused-ring (bicyclic) bond motifs is 1. The third kappa shape index (κ3) is 4.56. The minimum Gasteiger partial charge on any atom is -0.366 e. The quantitative estimate of drug-likeness (QED) is 0.315. The number of carbonyl (C=O) groups excluding carboxylic acids is 1. The molecule has 0 atom stereocenters. The van der Waals surface area contributed by atoms with Crippen molar-refractivity contribution in [1.29, 1.82) is 0 Å². The zero-order chi connectivity index (χ0) is 22.6. The fraction of sp³-hybridized carbons (Fsp3) is 0.111. The molecule has 0 unspecified atom stereocenters. The minimum atomic E-state index is -0.480. The first-order chi connectivity index (χ1) is 16.2. The van der Waals surface area contributed by atoms with E-state index in [0.717, 1.165) is 36.3 Å². The number of carbonyl (C=O) groups is 1. The number of nitrogens with zero attached hydrogens (tertiary/aromatic N) is 2. The van der Waals surface area contributed by atoms with Crippen molar-refractivity contribution < 1.29 is 4.79 Å². The minimum absolute atomic E-state index is 0.420. The molecule has 6 heteroatoms. The summed E-state index contributed by atoms with van der Waals surface area (Å²) in [6.07, 6.45) is 5.24. The fourth-order valence-corrected chi connectivity index (χ4v) is 3.98. The molecule has 0 saturated carbocycles. The summed E-state index contributed by atoms with van der Waals surface area (Å²) in [6, 6.07) is 26.2. The number of amides is 1. The maximum atomic E-state index is 11.7. The zero-order valence-electron chi connectivity index (χ0n) is 18.2. The van der Waals surface area contributed by atoms with Gasteiger partial charge in [-0.3, -0.25) is 4.79 Å². The molecule has 0 aliphatic heterocycles. The predicted octanol–water partition coefficient (Wildman–Crippen LogP) is 4.45. The maximum absolute atomic E-state index is 11.7. The average Bonchev–Trinajstić information content (AvgIpc) is 3.50. The van der Waals surface area contributed by atoms with Gasteiger partial charge in [0.15, 0.2) is 0 Å². The number of aromatic amines is 1. The van der Waals surface area contributed by atoms with Crippen LogP contribution in [0, 0.1) is 0 Å². The Labute approximate surface area is 192 Å². The molecule has 0 bridgehead atoms. The standard InChI is InChI=1S/C27H25N5O/c28-26(33)23-7-4-8-24-25(23)31-27(30-24)21-9-11-22(12-10-21)32-16-14-20(18-32)17-29-15-13-19-5-2-1-3-6-19/h1-12,14,16,18,29H,13,15,17H2,(H2,28,33)(H,30,31). The summed E-state index contributed by atoms with van der Waals surface area (Å²) in [4.78, 5) is 19.6. The van der Waals surface area contributed by atoms with Crippen molar-refractivity contribution in [3.8, 4) is 17.1 Å². The second-order valence-electron chi connectivity index (χ2n) is 8.04. The molecule has 0 saturated heterocycles. The molecule has 0 radical (unpaired) electrons. The van der Waals surface area contributed by atoms with E-state index in [9.17, 15) is 4.79 Å². The molecule has 0 fully saturated rings. The molecule has 0 aliphatic carbocycles. The molecule has 5 aromatic rings. The van der Waals surface area contributed by atoms with Gasteiger partial charge in [-0.1, -0.05) is 36.4 Å². The lowest BCUT2D eigenvalue weighted by atomic mass is 10.1. The lowest BCUT2D eigenvalue weighted by Gasteiger charge is -2.05. The highest BCUT2D eigenvalue weighted by molar-refractivity contribution is 6.04. The Hall–Kier alpha value is -4.16. The Morgan fingerprint density at radius 1 is 0.939 bits per heavy atom. The second kappa shape index (κ2) is 9.14. The number of aromatic nitrogens is 3. The van der Waals surface area contributed by atoms with Gasteiger partial charge in [0.1, 0.15) is 11.3 Å². The van der Waals surface area contributed by atoms with E-state index >= 15 is 0 Å². The molecule has 6 nitrogen and oxygen atoms in total. The van der Waals surface area contributed by atoms with Crippen LogP contribution in [0.25, 0.3) is 28.1 Å². The number of hydrogen-bond acceptors (Lipinski definition) is 3. The number of nitrogens with one attached hydrogen (secondary N) is 2. The topological polar surface area (TPSA) is 88.7 Å². The van der Waals surface area contributed by atoms with Crippen LogP contribution in [0.4, 0.5) is 0 Å². The highest BCUT2D eigenvalue weighted by atomic mass is 16.1. The highest BCUT2D eigenvalue weighted by Crippen LogP contribution is 2.24. The summed E-state index contributed by atoms with van der Waals surface area (Å²) >= 11 is 0. The van der Waals surface area contributed by atoms with Crippen LogP contribution in [0.1, 0.15) is 21.5 Å². The largest absolute Gasteiger partial charge is 0.366 e. The summed E-state index contributed by atoms with van der Waals surface area (Å²) in [7, 11) is 0. The first kappa shape index (κ1) is 20.7. The third-order valence-electron chi connectivity index (χ3n) is 5.73. The number of primary amides is 1. The van der Waals surface area contributed by atoms with Gasteiger partial charge in [0.05, 0.1) is 11.1 Å². The van der Waals surface area contributed by atoms with Crippen molar-refractivity contribution >= 4 is 16.9 Å². The van der Waals surface area contributed by atoms with E-state index < -0.39 is 5.91 Å². The number of H-pyrrole nitrogens is 1. The highest BCUT2D eigenvalue weighted by Gasteiger charge is 2.12. The number of imidazole rings is 1. The molecule has 0 aliphatic rings. The van der Waals surface area contributed by atoms with Gasteiger partial charge < -0.3 is 20.6 Å². The van der Waals surface area contributed by atoms with Gasteiger partial charge in [-0.05, 0) is 66.6 Å². The van der Waals surface area contributed by atoms with Gasteiger partial charge in [-0.25, -0.2) is 4.98 Å². The molecule has 164 valence electrons. The number of benzene rings is 3. The van der Waals surface area contributed by atoms with Crippen molar-refractivity contribution in [3.05, 3.63) is 108 Å². The normalized spacial score (nSPS) is 11.2. The van der Waals surface area contributed by atoms with E-state index in [0.29, 0.717) is 16.9 Å². The molecule has 5 rings (SSSR count). The average molecular weight is 436 g/mol. The van der Waals surface area contributed by atoms with Gasteiger partial charge in [0, 0.05) is 30.2 Å². The van der Waals surface area contributed by atoms with E-state index in [1.54, 1.807) is 12.1 Å². The Bertz CT molecular complexity index is 1380. The number of nitrogens with two attached hydrogens (primary N) is 1. The summed E-state index contributed by atoms with van der Waals surface area (Å²) in [5.41, 5.74) is 11.9. The molecular formula is C27H25N5O. The second-order valence-corrected chi connectivity index (χ2v) is 8.04. The van der Waals surface area contributed by atoms with Crippen LogP contribution in [0.2, 0.25) is 0 Å². The lowest BCUT2D eigenvalue weighted by Crippen LogP contribution is -2.16. The van der Waals surface area contributed by atoms with Gasteiger partial charge >= 0.3 is 0 Å². The monoisotopic (exact) mass is 435 g/mol. The van der Waals surface area contributed by atoms with Gasteiger partial charge in [0.25, 0.3) is 5.91 Å². The van der Waals surface area contributed by atoms with Crippen molar-refractivity contribution in [2.45, 2.75) is 13.0 Å². The Morgan fingerprint density at radius 3 is 2.55 bits per heavy atom. The zero-order valence-corrected chi connectivity index (χ0v) is 18.2. The lowest BCUT2D eigenvalue weighted by molar-refractivity contribution is 0.100. The van der Waals surface area contributed by atoms with Gasteiger partial charge in [-0.2, -0.15) is 0 Å². The van der Waals surface area contributed by atoms with E-state index in [2.05, 4.69) is 74.7 Å². The molecular weight excluding hydrogens is 410 g/mol. The molecule has 4 N–H and O–H groups in total. The SMILES string of the molecule is NC(=O)c1cccc2[nH]c(-c3ccc(-n4ccc(CNCCc5ccccc5)c4)cc3)nc12. The van der Waals surface area contributed by atoms with Gasteiger partial charge in [0.2, 0.25) is 0 Å². The fourth-order valence-electron chi connectivity index (χ4n) is 3.98. The maximum Gasteiger partial charge on any atom is 0.250 e. The number of para-hydroxylation sites is 1. The van der Waals surface area contributed by atoms with Crippen molar-refractivity contribution in [3.63, 3.8) is 0 Å². The van der Waals surface area contributed by atoms with Crippen LogP contribution < -0.4 is 11.1 Å². The molecule has 3 aromatic carbocycles. The van der Waals surface area contributed by atoms with E-state index in [-0.39, 0.29) is 0 Å². The van der Waals surface area contributed by atoms with Gasteiger partial charge in [-0.15, -0.1) is 0 Å². The molecule has 2 aromatic heterocycles. The predicted molar refractivity (Wildman–Crippen MR) is 131 cm³/mol. The van der Waals surface area contributed by atoms with E-state index in [4.69, 9.17) is 5.73 Å². The molecule has 0 spiro atoms. The number of rotatable bonds is 8. The summed E-state index contributed by atoms with van der Waals surface area (Å²) in [6.45, 7) is 1.78. The Kier molecular flexibility index (Phi) is 5.74. The van der Waals surface area contributed by atoms with E-state index in [1.165, 1.54) is 11.1 Å². The third-order valence-corrected chi connectivity index (χ3v) is 5.73. The Morgan fingerprint density at radius 2 is 1.76 bits per heavy atom. The summed E-state index contributed by atoms with van der Waals surface area (Å²) < 4.78 is 2.11. The first-order valence-corrected chi connectivity index (χ1v) is 11.0. The van der Waals surface area contributed by atoms with Crippen molar-refractivity contribution in [1.82, 2.24) is 19.9 Å². The first-order valence-electron chi connectivity index (χ1n) is 11.0. The van der Waals surface area contributed by atoms with Crippen LogP contribution in [0.3, 0.4) is 0 Å². The van der Waals surface area contributed by atoms with E-state index in [1.807, 2.05) is 24.3 Å². The number of hydrogen-bond donors (Lipinski definition) is 3. The summed E-state index contributed by atoms with van der Waals surface area (Å²) in [5.74, 6) is 0.230. The smallest absolute Gasteiger partial charge is 0.250 e.